The first-order valence-corrected chi connectivity index (χ1v) is 4.79. The van der Waals surface area contributed by atoms with Gasteiger partial charge < -0.3 is 25.5 Å². The van der Waals surface area contributed by atoms with Crippen LogP contribution in [-0.2, 0) is 0 Å². The molecule has 5 N–H and O–H groups in total. The minimum Gasteiger partial charge on any atom is -0.396 e. The van der Waals surface area contributed by atoms with Crippen LogP contribution in [0.15, 0.2) is 0 Å². The fraction of sp³-hybridized carbons (Fsp3) is 1.00. The molecule has 0 saturated heterocycles. The molecule has 0 aromatic carbocycles. The van der Waals surface area contributed by atoms with Crippen molar-refractivity contribution in [3.63, 3.8) is 0 Å². The molecule has 2 atom stereocenters. The molecular formula is C9H20O5. The van der Waals surface area contributed by atoms with Crippen LogP contribution in [0.2, 0.25) is 0 Å². The van der Waals surface area contributed by atoms with E-state index in [0.29, 0.717) is 6.42 Å². The van der Waals surface area contributed by atoms with Crippen LogP contribution in [0.4, 0.5) is 0 Å². The molecular weight excluding hydrogens is 188 g/mol. The van der Waals surface area contributed by atoms with Gasteiger partial charge in [0.05, 0.1) is 12.7 Å². The van der Waals surface area contributed by atoms with Gasteiger partial charge in [0, 0.05) is 25.7 Å². The molecule has 0 heterocycles. The molecule has 5 nitrogen and oxygen atoms in total. The van der Waals surface area contributed by atoms with Gasteiger partial charge in [-0.2, -0.15) is 0 Å². The zero-order valence-corrected chi connectivity index (χ0v) is 8.21. The van der Waals surface area contributed by atoms with E-state index in [0.717, 1.165) is 0 Å². The first-order valence-electron chi connectivity index (χ1n) is 4.79. The third kappa shape index (κ3) is 5.51. The number of aliphatic hydroxyl groups excluding tert-OH is 5. The van der Waals surface area contributed by atoms with Crippen molar-refractivity contribution in [3.05, 3.63) is 0 Å². The second-order valence-corrected chi connectivity index (χ2v) is 3.59. The number of hydrogen-bond donors (Lipinski definition) is 5. The summed E-state index contributed by atoms with van der Waals surface area (Å²) in [5.74, 6) is -0.459. The Labute approximate surface area is 83.6 Å². The molecule has 0 amide bonds. The largest absolute Gasteiger partial charge is 0.396 e. The molecule has 0 spiro atoms. The minimum absolute atomic E-state index is 0.117. The summed E-state index contributed by atoms with van der Waals surface area (Å²) in [5, 5.41) is 44.3. The van der Waals surface area contributed by atoms with Crippen LogP contribution in [0.25, 0.3) is 0 Å². The summed E-state index contributed by atoms with van der Waals surface area (Å²) in [6, 6.07) is 0. The molecule has 0 radical (unpaired) electrons. The summed E-state index contributed by atoms with van der Waals surface area (Å²) < 4.78 is 0. The maximum atomic E-state index is 9.13. The van der Waals surface area contributed by atoms with Crippen molar-refractivity contribution in [2.24, 2.45) is 11.8 Å². The van der Waals surface area contributed by atoms with E-state index in [4.69, 9.17) is 25.5 Å². The number of hydrogen-bond acceptors (Lipinski definition) is 5. The van der Waals surface area contributed by atoms with Gasteiger partial charge >= 0.3 is 0 Å². The Morgan fingerprint density at radius 2 is 1.14 bits per heavy atom. The van der Waals surface area contributed by atoms with Gasteiger partial charge in [-0.25, -0.2) is 0 Å². The molecule has 0 rings (SSSR count). The van der Waals surface area contributed by atoms with E-state index < -0.39 is 6.10 Å². The second kappa shape index (κ2) is 8.14. The summed E-state index contributed by atoms with van der Waals surface area (Å²) in [4.78, 5) is 0. The van der Waals surface area contributed by atoms with E-state index in [9.17, 15) is 0 Å². The highest BCUT2D eigenvalue weighted by molar-refractivity contribution is 4.68. The zero-order chi connectivity index (χ0) is 11.0. The van der Waals surface area contributed by atoms with Crippen molar-refractivity contribution < 1.29 is 25.5 Å². The summed E-state index contributed by atoms with van der Waals surface area (Å²) in [5.41, 5.74) is 0. The molecule has 0 bridgehead atoms. The van der Waals surface area contributed by atoms with E-state index in [1.807, 2.05) is 0 Å². The van der Waals surface area contributed by atoms with Gasteiger partial charge in [-0.05, 0) is 18.8 Å². The molecule has 86 valence electrons. The van der Waals surface area contributed by atoms with Crippen molar-refractivity contribution in [2.75, 3.05) is 26.4 Å². The van der Waals surface area contributed by atoms with Gasteiger partial charge in [0.1, 0.15) is 0 Å². The molecule has 0 aromatic rings. The van der Waals surface area contributed by atoms with Crippen molar-refractivity contribution in [2.45, 2.75) is 18.9 Å². The molecule has 0 aliphatic heterocycles. The topological polar surface area (TPSA) is 101 Å². The summed E-state index contributed by atoms with van der Waals surface area (Å²) in [6.45, 7) is -0.725. The summed E-state index contributed by atoms with van der Waals surface area (Å²) in [6.07, 6.45) is -0.116. The maximum absolute atomic E-state index is 9.13. The summed E-state index contributed by atoms with van der Waals surface area (Å²) >= 11 is 0. The van der Waals surface area contributed by atoms with Crippen LogP contribution in [0, 0.1) is 11.8 Å². The van der Waals surface area contributed by atoms with Gasteiger partial charge in [-0.3, -0.25) is 0 Å². The van der Waals surface area contributed by atoms with E-state index >= 15 is 0 Å². The van der Waals surface area contributed by atoms with E-state index in [2.05, 4.69) is 0 Å². The summed E-state index contributed by atoms with van der Waals surface area (Å²) in [7, 11) is 0. The highest BCUT2D eigenvalue weighted by atomic mass is 16.3. The van der Waals surface area contributed by atoms with Crippen molar-refractivity contribution in [1.29, 1.82) is 0 Å². The van der Waals surface area contributed by atoms with Crippen LogP contribution < -0.4 is 0 Å². The molecule has 0 aliphatic rings. The SMILES string of the molecule is OCC(O)CC(CO)CC(CO)CO. The van der Waals surface area contributed by atoms with Crippen LogP contribution in [0.3, 0.4) is 0 Å². The predicted octanol–water partition coefficient (Wildman–Crippen LogP) is -1.67. The second-order valence-electron chi connectivity index (χ2n) is 3.59. The highest BCUT2D eigenvalue weighted by Crippen LogP contribution is 2.16. The fourth-order valence-corrected chi connectivity index (χ4v) is 1.38. The molecule has 0 saturated carbocycles. The quantitative estimate of drug-likeness (QED) is 0.328. The van der Waals surface area contributed by atoms with E-state index in [1.165, 1.54) is 0 Å². The lowest BCUT2D eigenvalue weighted by atomic mass is 9.91. The Hall–Kier alpha value is -0.200. The molecule has 14 heavy (non-hydrogen) atoms. The first-order chi connectivity index (χ1) is 6.67. The Morgan fingerprint density at radius 3 is 1.50 bits per heavy atom. The fourth-order valence-electron chi connectivity index (χ4n) is 1.38. The molecule has 2 unspecified atom stereocenters. The van der Waals surface area contributed by atoms with Crippen LogP contribution >= 0.6 is 0 Å². The lowest BCUT2D eigenvalue weighted by molar-refractivity contribution is 0.0472. The lowest BCUT2D eigenvalue weighted by Gasteiger charge is -2.20. The maximum Gasteiger partial charge on any atom is 0.0774 e. The van der Waals surface area contributed by atoms with Crippen LogP contribution in [-0.4, -0.2) is 58.1 Å². The van der Waals surface area contributed by atoms with Gasteiger partial charge in [-0.15, -0.1) is 0 Å². The van der Waals surface area contributed by atoms with E-state index in [1.54, 1.807) is 0 Å². The normalized spacial score (nSPS) is 15.9. The van der Waals surface area contributed by atoms with Gasteiger partial charge in [0.2, 0.25) is 0 Å². The van der Waals surface area contributed by atoms with Gasteiger partial charge in [0.15, 0.2) is 0 Å². The monoisotopic (exact) mass is 208 g/mol. The lowest BCUT2D eigenvalue weighted by Crippen LogP contribution is -2.24. The Kier molecular flexibility index (Phi) is 8.02. The third-order valence-electron chi connectivity index (χ3n) is 2.26. The molecule has 0 aliphatic carbocycles. The Morgan fingerprint density at radius 1 is 0.643 bits per heavy atom. The molecule has 0 aromatic heterocycles. The highest BCUT2D eigenvalue weighted by Gasteiger charge is 2.17. The first kappa shape index (κ1) is 13.8. The Balaban J connectivity index is 3.88. The van der Waals surface area contributed by atoms with Crippen molar-refractivity contribution in [3.8, 4) is 0 Å². The average Bonchev–Trinajstić information content (AvgIpc) is 2.23. The zero-order valence-electron chi connectivity index (χ0n) is 8.21. The molecule has 5 heteroatoms. The molecule has 0 fully saturated rings. The Bertz CT molecular complexity index is 126. The van der Waals surface area contributed by atoms with Gasteiger partial charge in [-0.1, -0.05) is 0 Å². The van der Waals surface area contributed by atoms with E-state index in [-0.39, 0.29) is 44.7 Å². The number of aliphatic hydroxyl groups is 5. The van der Waals surface area contributed by atoms with Crippen molar-refractivity contribution in [1.82, 2.24) is 0 Å². The minimum atomic E-state index is -0.842. The average molecular weight is 208 g/mol. The predicted molar refractivity (Wildman–Crippen MR) is 50.6 cm³/mol. The smallest absolute Gasteiger partial charge is 0.0774 e. The third-order valence-corrected chi connectivity index (χ3v) is 2.26. The van der Waals surface area contributed by atoms with Gasteiger partial charge in [0.25, 0.3) is 0 Å². The van der Waals surface area contributed by atoms with Crippen molar-refractivity contribution >= 4 is 0 Å². The van der Waals surface area contributed by atoms with Crippen LogP contribution in [0.1, 0.15) is 12.8 Å². The van der Waals surface area contributed by atoms with Crippen LogP contribution in [0.5, 0.6) is 0 Å². The number of rotatable bonds is 8. The standard InChI is InChI=1S/C9H20O5/c10-3-7(2-9(14)6-13)1-8(4-11)5-12/h7-14H,1-6H2.